The highest BCUT2D eigenvalue weighted by molar-refractivity contribution is 7.98. The van der Waals surface area contributed by atoms with Gasteiger partial charge in [0.25, 0.3) is 0 Å². The molecule has 4 amide bonds. The lowest BCUT2D eigenvalue weighted by Gasteiger charge is -2.30. The fourth-order valence-electron chi connectivity index (χ4n) is 4.39. The number of carboxylic acids is 2. The lowest BCUT2D eigenvalue weighted by atomic mass is 9.98. The predicted octanol–water partition coefficient (Wildman–Crippen LogP) is 0.261. The minimum atomic E-state index is -1.16. The van der Waals surface area contributed by atoms with Gasteiger partial charge in [0.15, 0.2) is 0 Å². The molecule has 6 atom stereocenters. The van der Waals surface area contributed by atoms with Crippen molar-refractivity contribution in [3.63, 3.8) is 0 Å². The van der Waals surface area contributed by atoms with Gasteiger partial charge < -0.3 is 36.8 Å². The smallest absolute Gasteiger partial charge is 0.326 e. The number of amides is 4. The molecule has 0 aromatic rings. The van der Waals surface area contributed by atoms with Gasteiger partial charge in [-0.05, 0) is 62.0 Å². The van der Waals surface area contributed by atoms with Gasteiger partial charge in [0.2, 0.25) is 23.6 Å². The molecule has 0 saturated carbocycles. The molecule has 1 fully saturated rings. The van der Waals surface area contributed by atoms with E-state index in [0.717, 1.165) is 0 Å². The Morgan fingerprint density at radius 3 is 2.07 bits per heavy atom. The summed E-state index contributed by atoms with van der Waals surface area (Å²) in [7, 11) is 0. The van der Waals surface area contributed by atoms with E-state index >= 15 is 0 Å². The molecule has 0 unspecified atom stereocenters. The molecule has 0 aliphatic carbocycles. The maximum absolute atomic E-state index is 13.5. The number of nitrogens with one attached hydrogen (secondary N) is 3. The summed E-state index contributed by atoms with van der Waals surface area (Å²) in [4.78, 5) is 76.6. The van der Waals surface area contributed by atoms with Gasteiger partial charge in [-0.3, -0.25) is 24.0 Å². The minimum absolute atomic E-state index is 0.0847. The summed E-state index contributed by atoms with van der Waals surface area (Å²) in [6, 6.07) is -5.02. The Hall–Kier alpha value is -2.52. The molecule has 1 aliphatic heterocycles. The van der Waals surface area contributed by atoms with Crippen LogP contribution in [0.4, 0.5) is 0 Å². The van der Waals surface area contributed by atoms with Crippen LogP contribution in [0.3, 0.4) is 0 Å². The van der Waals surface area contributed by atoms with E-state index in [-0.39, 0.29) is 38.1 Å². The largest absolute Gasteiger partial charge is 0.481 e. The summed E-state index contributed by atoms with van der Waals surface area (Å²) in [5.74, 6) is -3.70. The van der Waals surface area contributed by atoms with E-state index in [4.69, 9.17) is 10.8 Å². The predicted molar refractivity (Wildman–Crippen MR) is 158 cm³/mol. The quantitative estimate of drug-likeness (QED) is 0.116. The molecule has 1 rings (SSSR count). The molecule has 0 radical (unpaired) electrons. The van der Waals surface area contributed by atoms with E-state index in [1.807, 2.05) is 19.4 Å². The van der Waals surface area contributed by atoms with Crippen molar-refractivity contribution in [1.82, 2.24) is 20.9 Å². The molecule has 15 heteroatoms. The van der Waals surface area contributed by atoms with Crippen molar-refractivity contribution in [2.24, 2.45) is 11.7 Å². The van der Waals surface area contributed by atoms with E-state index in [1.165, 1.54) is 28.4 Å². The maximum atomic E-state index is 13.5. The number of rotatable bonds is 19. The first-order chi connectivity index (χ1) is 19.4. The number of aliphatic carboxylic acids is 2. The second kappa shape index (κ2) is 18.8. The van der Waals surface area contributed by atoms with Crippen molar-refractivity contribution in [2.75, 3.05) is 30.6 Å². The second-order valence-corrected chi connectivity index (χ2v) is 12.1. The number of carbonyl (C=O) groups is 6. The molecule has 0 aromatic heterocycles. The summed E-state index contributed by atoms with van der Waals surface area (Å²) in [5, 5.41) is 26.4. The standard InChI is InChI=1S/C26H45N5O8S2/c1-5-15(2)21(26(38)39)30-23(35)17(10-13-40-3)28-24(36)19-7-6-12-31(19)25(37)18(11-14-41-4)29-22(34)16(27)8-9-20(32)33/h15-19,21H,5-14,27H2,1-4H3,(H,28,36)(H,29,34)(H,30,35)(H,32,33)(H,38,39)/t15-,16-,17-,18-,19-,21-/m0/s1. The van der Waals surface area contributed by atoms with Crippen LogP contribution in [-0.4, -0.2) is 111 Å². The van der Waals surface area contributed by atoms with Gasteiger partial charge in [0.1, 0.15) is 24.2 Å². The van der Waals surface area contributed by atoms with Crippen LogP contribution >= 0.6 is 23.5 Å². The zero-order valence-corrected chi connectivity index (χ0v) is 25.9. The first kappa shape index (κ1) is 36.5. The number of nitrogens with two attached hydrogens (primary N) is 1. The molecule has 0 bridgehead atoms. The van der Waals surface area contributed by atoms with Crippen LogP contribution in [0.2, 0.25) is 0 Å². The minimum Gasteiger partial charge on any atom is -0.481 e. The van der Waals surface area contributed by atoms with Crippen LogP contribution in [0.5, 0.6) is 0 Å². The van der Waals surface area contributed by atoms with Gasteiger partial charge in [-0.1, -0.05) is 20.3 Å². The number of hydrogen-bond donors (Lipinski definition) is 6. The molecule has 1 heterocycles. The van der Waals surface area contributed by atoms with E-state index in [0.29, 0.717) is 30.8 Å². The zero-order valence-electron chi connectivity index (χ0n) is 24.2. The number of nitrogens with zero attached hydrogens (tertiary/aromatic N) is 1. The lowest BCUT2D eigenvalue weighted by Crippen LogP contribution is -2.58. The van der Waals surface area contributed by atoms with Crippen LogP contribution in [0.15, 0.2) is 0 Å². The van der Waals surface area contributed by atoms with Crippen molar-refractivity contribution in [1.29, 1.82) is 0 Å². The van der Waals surface area contributed by atoms with Gasteiger partial charge >= 0.3 is 11.9 Å². The summed E-state index contributed by atoms with van der Waals surface area (Å²) in [6.07, 6.45) is 5.33. The number of carbonyl (C=O) groups excluding carboxylic acids is 4. The topological polar surface area (TPSA) is 208 Å². The van der Waals surface area contributed by atoms with Gasteiger partial charge in [-0.2, -0.15) is 23.5 Å². The maximum Gasteiger partial charge on any atom is 0.326 e. The Bertz CT molecular complexity index is 924. The third-order valence-electron chi connectivity index (χ3n) is 7.09. The summed E-state index contributed by atoms with van der Waals surface area (Å²) in [5.41, 5.74) is 5.83. The van der Waals surface area contributed by atoms with Crippen LogP contribution in [0, 0.1) is 5.92 Å². The Kier molecular flexibility index (Phi) is 16.8. The van der Waals surface area contributed by atoms with E-state index < -0.39 is 65.8 Å². The summed E-state index contributed by atoms with van der Waals surface area (Å²) in [6.45, 7) is 3.83. The Morgan fingerprint density at radius 1 is 0.927 bits per heavy atom. The highest BCUT2D eigenvalue weighted by Gasteiger charge is 2.39. The molecular formula is C26H45N5O8S2. The van der Waals surface area contributed by atoms with Gasteiger partial charge in [-0.15, -0.1) is 0 Å². The van der Waals surface area contributed by atoms with Crippen LogP contribution in [-0.2, 0) is 28.8 Å². The van der Waals surface area contributed by atoms with Gasteiger partial charge in [-0.25, -0.2) is 4.79 Å². The van der Waals surface area contributed by atoms with Crippen molar-refractivity contribution >= 4 is 59.1 Å². The summed E-state index contributed by atoms with van der Waals surface area (Å²) >= 11 is 2.95. The normalized spacial score (nSPS) is 18.5. The monoisotopic (exact) mass is 619 g/mol. The molecule has 1 saturated heterocycles. The van der Waals surface area contributed by atoms with E-state index in [2.05, 4.69) is 16.0 Å². The average molecular weight is 620 g/mol. The highest BCUT2D eigenvalue weighted by atomic mass is 32.2. The Balaban J connectivity index is 3.03. The zero-order chi connectivity index (χ0) is 31.1. The number of thioether (sulfide) groups is 2. The number of carboxylic acid groups (broad SMARTS) is 2. The van der Waals surface area contributed by atoms with Crippen LogP contribution < -0.4 is 21.7 Å². The Morgan fingerprint density at radius 2 is 1.54 bits per heavy atom. The van der Waals surface area contributed by atoms with Crippen molar-refractivity contribution < 1.29 is 39.0 Å². The fraction of sp³-hybridized carbons (Fsp3) is 0.769. The van der Waals surface area contributed by atoms with Crippen molar-refractivity contribution in [3.8, 4) is 0 Å². The fourth-order valence-corrected chi connectivity index (χ4v) is 5.34. The first-order valence-electron chi connectivity index (χ1n) is 13.8. The van der Waals surface area contributed by atoms with Crippen molar-refractivity contribution in [2.45, 2.75) is 89.0 Å². The SMILES string of the molecule is CC[C@H](C)[C@H](NC(=O)[C@H](CCSC)NC(=O)[C@@H]1CCCN1C(=O)[C@H](CCSC)NC(=O)[C@@H](N)CCC(=O)O)C(=O)O. The molecule has 234 valence electrons. The third-order valence-corrected chi connectivity index (χ3v) is 8.38. The molecule has 13 nitrogen and oxygen atoms in total. The summed E-state index contributed by atoms with van der Waals surface area (Å²) < 4.78 is 0. The highest BCUT2D eigenvalue weighted by Crippen LogP contribution is 2.21. The molecule has 0 spiro atoms. The van der Waals surface area contributed by atoms with Gasteiger partial charge in [0, 0.05) is 13.0 Å². The first-order valence-corrected chi connectivity index (χ1v) is 16.6. The van der Waals surface area contributed by atoms with Crippen LogP contribution in [0.1, 0.15) is 58.8 Å². The van der Waals surface area contributed by atoms with E-state index in [1.54, 1.807) is 6.92 Å². The molecule has 1 aliphatic rings. The average Bonchev–Trinajstić information content (AvgIpc) is 3.43. The number of hydrogen-bond acceptors (Lipinski definition) is 9. The van der Waals surface area contributed by atoms with Crippen LogP contribution in [0.25, 0.3) is 0 Å². The lowest BCUT2D eigenvalue weighted by molar-refractivity contribution is -0.144. The molecule has 7 N–H and O–H groups in total. The molecular weight excluding hydrogens is 574 g/mol. The molecule has 41 heavy (non-hydrogen) atoms. The van der Waals surface area contributed by atoms with Gasteiger partial charge in [0.05, 0.1) is 6.04 Å². The van der Waals surface area contributed by atoms with Crippen molar-refractivity contribution in [3.05, 3.63) is 0 Å². The Labute approximate surface area is 249 Å². The third kappa shape index (κ3) is 12.1. The second-order valence-electron chi connectivity index (χ2n) is 10.1. The number of likely N-dealkylation sites (tertiary alicyclic amines) is 1. The molecule has 0 aromatic carbocycles. The van der Waals surface area contributed by atoms with E-state index in [9.17, 15) is 33.9 Å².